The van der Waals surface area contributed by atoms with Crippen LogP contribution in [-0.2, 0) is 19.1 Å². The molecule has 1 saturated heterocycles. The lowest BCUT2D eigenvalue weighted by Crippen LogP contribution is -2.46. The maximum atomic E-state index is 11.4. The number of cyclic esters (lactones) is 1. The third-order valence-corrected chi connectivity index (χ3v) is 6.33. The summed E-state index contributed by atoms with van der Waals surface area (Å²) in [5.74, 6) is -0.108. The van der Waals surface area contributed by atoms with Crippen molar-refractivity contribution in [3.05, 3.63) is 0 Å². The quantitative estimate of drug-likeness (QED) is 0.115. The predicted molar refractivity (Wildman–Crippen MR) is 119 cm³/mol. The number of rotatable bonds is 21. The zero-order valence-electron chi connectivity index (χ0n) is 19.2. The van der Waals surface area contributed by atoms with Crippen molar-refractivity contribution in [2.24, 2.45) is 5.92 Å². The van der Waals surface area contributed by atoms with E-state index in [1.807, 2.05) is 6.92 Å². The first-order chi connectivity index (χ1) is 14.2. The minimum atomic E-state index is -0.110. The standard InChI is InChI=1S/C25H46O4/c1-3-5-6-7-8-9-10-11-12-13-14-15-16-17-18-19-22(28-21-26)20-24-23(4-2)25(27)29-24/h21-24H,3-20H2,1-2H3/t22?,23-,24-/m1/s1. The topological polar surface area (TPSA) is 52.6 Å². The van der Waals surface area contributed by atoms with Crippen LogP contribution in [0.3, 0.4) is 0 Å². The summed E-state index contributed by atoms with van der Waals surface area (Å²) in [6, 6.07) is 0. The van der Waals surface area contributed by atoms with Gasteiger partial charge in [-0.15, -0.1) is 0 Å². The van der Waals surface area contributed by atoms with Crippen LogP contribution in [0.15, 0.2) is 0 Å². The molecule has 4 nitrogen and oxygen atoms in total. The number of carbonyl (C=O) groups is 2. The van der Waals surface area contributed by atoms with Crippen LogP contribution < -0.4 is 0 Å². The van der Waals surface area contributed by atoms with Gasteiger partial charge in [0.15, 0.2) is 0 Å². The fraction of sp³-hybridized carbons (Fsp3) is 0.920. The van der Waals surface area contributed by atoms with Crippen molar-refractivity contribution in [3.8, 4) is 0 Å². The van der Waals surface area contributed by atoms with Gasteiger partial charge in [0.2, 0.25) is 0 Å². The highest BCUT2D eigenvalue weighted by atomic mass is 16.6. The summed E-state index contributed by atoms with van der Waals surface area (Å²) >= 11 is 0. The fourth-order valence-electron chi connectivity index (χ4n) is 4.36. The summed E-state index contributed by atoms with van der Waals surface area (Å²) in [5, 5.41) is 0. The smallest absolute Gasteiger partial charge is 0.313 e. The van der Waals surface area contributed by atoms with Crippen LogP contribution in [0.2, 0.25) is 0 Å². The van der Waals surface area contributed by atoms with E-state index in [1.54, 1.807) is 0 Å². The van der Waals surface area contributed by atoms with Gasteiger partial charge in [-0.25, -0.2) is 0 Å². The molecule has 0 spiro atoms. The van der Waals surface area contributed by atoms with Crippen LogP contribution in [-0.4, -0.2) is 24.6 Å². The number of ether oxygens (including phenoxy) is 2. The molecule has 1 heterocycles. The Labute approximate surface area is 179 Å². The number of esters is 1. The molecule has 0 aromatic heterocycles. The average molecular weight is 411 g/mol. The van der Waals surface area contributed by atoms with Gasteiger partial charge in [-0.1, -0.05) is 104 Å². The summed E-state index contributed by atoms with van der Waals surface area (Å²) in [5.41, 5.74) is 0. The highest BCUT2D eigenvalue weighted by Gasteiger charge is 2.42. The summed E-state index contributed by atoms with van der Waals surface area (Å²) in [6.45, 7) is 4.82. The number of hydrogen-bond donors (Lipinski definition) is 0. The molecule has 0 N–H and O–H groups in total. The molecule has 1 rings (SSSR count). The maximum Gasteiger partial charge on any atom is 0.313 e. The van der Waals surface area contributed by atoms with Crippen molar-refractivity contribution < 1.29 is 19.1 Å². The van der Waals surface area contributed by atoms with Gasteiger partial charge >= 0.3 is 5.97 Å². The first-order valence-electron chi connectivity index (χ1n) is 12.5. The van der Waals surface area contributed by atoms with Gasteiger partial charge < -0.3 is 9.47 Å². The van der Waals surface area contributed by atoms with E-state index >= 15 is 0 Å². The minimum Gasteiger partial charge on any atom is -0.464 e. The van der Waals surface area contributed by atoms with Crippen molar-refractivity contribution in [1.29, 1.82) is 0 Å². The molecule has 1 fully saturated rings. The molecule has 0 saturated carbocycles. The Morgan fingerprint density at radius 3 is 1.72 bits per heavy atom. The fourth-order valence-corrected chi connectivity index (χ4v) is 4.36. The van der Waals surface area contributed by atoms with E-state index in [-0.39, 0.29) is 24.1 Å². The van der Waals surface area contributed by atoms with Crippen molar-refractivity contribution >= 4 is 12.4 Å². The van der Waals surface area contributed by atoms with Crippen LogP contribution in [0.1, 0.15) is 129 Å². The van der Waals surface area contributed by atoms with E-state index in [9.17, 15) is 9.59 Å². The molecule has 4 heteroatoms. The van der Waals surface area contributed by atoms with Crippen LogP contribution in [0.25, 0.3) is 0 Å². The van der Waals surface area contributed by atoms with Gasteiger partial charge in [0.05, 0.1) is 5.92 Å². The van der Waals surface area contributed by atoms with E-state index in [0.29, 0.717) is 12.9 Å². The third-order valence-electron chi connectivity index (χ3n) is 6.33. The Balaban J connectivity index is 1.89. The van der Waals surface area contributed by atoms with Crippen molar-refractivity contribution in [2.75, 3.05) is 0 Å². The summed E-state index contributed by atoms with van der Waals surface area (Å²) in [6.07, 6.45) is 22.4. The SMILES string of the molecule is CCCCCCCCCCCCCCCCCC(C[C@H]1OC(=O)[C@@H]1CC)OC=O. The van der Waals surface area contributed by atoms with Crippen LogP contribution in [0.4, 0.5) is 0 Å². The number of unbranched alkanes of at least 4 members (excludes halogenated alkanes) is 14. The molecule has 3 atom stereocenters. The number of hydrogen-bond acceptors (Lipinski definition) is 4. The predicted octanol–water partition coefficient (Wildman–Crippen LogP) is 7.13. The van der Waals surface area contributed by atoms with Gasteiger partial charge in [-0.05, 0) is 19.3 Å². The summed E-state index contributed by atoms with van der Waals surface area (Å²) in [7, 11) is 0. The van der Waals surface area contributed by atoms with Crippen LogP contribution in [0, 0.1) is 5.92 Å². The second-order valence-corrected chi connectivity index (χ2v) is 8.82. The molecule has 0 aromatic carbocycles. The molecular weight excluding hydrogens is 364 g/mol. The van der Waals surface area contributed by atoms with Crippen LogP contribution in [0.5, 0.6) is 0 Å². The normalized spacial score (nSPS) is 19.4. The van der Waals surface area contributed by atoms with E-state index in [2.05, 4.69) is 6.92 Å². The van der Waals surface area contributed by atoms with Crippen molar-refractivity contribution in [2.45, 2.75) is 142 Å². The second-order valence-electron chi connectivity index (χ2n) is 8.82. The second kappa shape index (κ2) is 17.8. The minimum absolute atomic E-state index is 0.00573. The Kier molecular flexibility index (Phi) is 15.9. The molecule has 1 aliphatic rings. The summed E-state index contributed by atoms with van der Waals surface area (Å²) < 4.78 is 10.4. The van der Waals surface area contributed by atoms with E-state index < -0.39 is 0 Å². The van der Waals surface area contributed by atoms with Crippen molar-refractivity contribution in [1.82, 2.24) is 0 Å². The molecule has 170 valence electrons. The Hall–Kier alpha value is -1.06. The lowest BCUT2D eigenvalue weighted by molar-refractivity contribution is -0.188. The van der Waals surface area contributed by atoms with E-state index in [4.69, 9.17) is 9.47 Å². The first kappa shape index (κ1) is 26.0. The first-order valence-corrected chi connectivity index (χ1v) is 12.5. The van der Waals surface area contributed by atoms with Gasteiger partial charge in [-0.3, -0.25) is 9.59 Å². The molecule has 0 aromatic rings. The molecule has 0 aliphatic carbocycles. The Morgan fingerprint density at radius 1 is 0.828 bits per heavy atom. The third kappa shape index (κ3) is 12.3. The molecule has 0 radical (unpaired) electrons. The zero-order chi connectivity index (χ0) is 21.2. The molecule has 0 amide bonds. The monoisotopic (exact) mass is 410 g/mol. The molecule has 1 aliphatic heterocycles. The van der Waals surface area contributed by atoms with Gasteiger partial charge in [0.25, 0.3) is 6.47 Å². The average Bonchev–Trinajstić information content (AvgIpc) is 2.70. The molecule has 0 bridgehead atoms. The van der Waals surface area contributed by atoms with Gasteiger partial charge in [0.1, 0.15) is 12.2 Å². The molecular formula is C25H46O4. The van der Waals surface area contributed by atoms with E-state index in [1.165, 1.54) is 89.9 Å². The van der Waals surface area contributed by atoms with Crippen LogP contribution >= 0.6 is 0 Å². The van der Waals surface area contributed by atoms with Gasteiger partial charge in [-0.2, -0.15) is 0 Å². The molecule has 29 heavy (non-hydrogen) atoms. The Morgan fingerprint density at radius 2 is 1.31 bits per heavy atom. The number of carbonyl (C=O) groups excluding carboxylic acids is 2. The van der Waals surface area contributed by atoms with Crippen molar-refractivity contribution in [3.63, 3.8) is 0 Å². The van der Waals surface area contributed by atoms with Gasteiger partial charge in [0, 0.05) is 6.42 Å². The molecule has 1 unspecified atom stereocenters. The largest absolute Gasteiger partial charge is 0.464 e. The Bertz CT molecular complexity index is 410. The lowest BCUT2D eigenvalue weighted by Gasteiger charge is -2.36. The van der Waals surface area contributed by atoms with E-state index in [0.717, 1.165) is 19.3 Å². The highest BCUT2D eigenvalue weighted by molar-refractivity contribution is 5.78. The lowest BCUT2D eigenvalue weighted by atomic mass is 9.89. The zero-order valence-corrected chi connectivity index (χ0v) is 19.2. The summed E-state index contributed by atoms with van der Waals surface area (Å²) in [4.78, 5) is 22.1. The highest BCUT2D eigenvalue weighted by Crippen LogP contribution is 2.30. The maximum absolute atomic E-state index is 11.4.